The summed E-state index contributed by atoms with van der Waals surface area (Å²) in [5.41, 5.74) is 0.668. The molecule has 2 aromatic rings. The molecule has 0 fully saturated rings. The zero-order chi connectivity index (χ0) is 7.84. The van der Waals surface area contributed by atoms with E-state index in [0.717, 1.165) is 4.60 Å². The van der Waals surface area contributed by atoms with Crippen molar-refractivity contribution in [3.8, 4) is 0 Å². The molecule has 0 aromatic carbocycles. The third-order valence-corrected chi connectivity index (χ3v) is 2.19. The van der Waals surface area contributed by atoms with Crippen molar-refractivity contribution in [2.24, 2.45) is 0 Å². The largest absolute Gasteiger partial charge is 0.290 e. The second-order valence-electron chi connectivity index (χ2n) is 1.99. The highest BCUT2D eigenvalue weighted by Crippen LogP contribution is 2.17. The Morgan fingerprint density at radius 3 is 3.00 bits per heavy atom. The first-order chi connectivity index (χ1) is 5.29. The van der Waals surface area contributed by atoms with Gasteiger partial charge in [-0.1, -0.05) is 11.6 Å². The quantitative estimate of drug-likeness (QED) is 0.697. The van der Waals surface area contributed by atoms with Gasteiger partial charge in [-0.15, -0.1) is 0 Å². The molecule has 56 valence electrons. The minimum Gasteiger partial charge on any atom is -0.290 e. The minimum atomic E-state index is 0.415. The molecule has 2 heterocycles. The van der Waals surface area contributed by atoms with Gasteiger partial charge in [-0.05, 0) is 15.9 Å². The van der Waals surface area contributed by atoms with Gasteiger partial charge in [-0.2, -0.15) is 0 Å². The van der Waals surface area contributed by atoms with Crippen LogP contribution in [-0.4, -0.2) is 14.4 Å². The van der Waals surface area contributed by atoms with E-state index in [1.54, 1.807) is 12.4 Å². The van der Waals surface area contributed by atoms with Gasteiger partial charge in [-0.3, -0.25) is 4.40 Å². The van der Waals surface area contributed by atoms with E-state index in [9.17, 15) is 0 Å². The summed E-state index contributed by atoms with van der Waals surface area (Å²) in [7, 11) is 0. The van der Waals surface area contributed by atoms with Gasteiger partial charge in [0.05, 0.1) is 6.20 Å². The zero-order valence-electron chi connectivity index (χ0n) is 5.33. The molecular formula is C6H3BrClN3. The lowest BCUT2D eigenvalue weighted by Crippen LogP contribution is -1.88. The average molecular weight is 232 g/mol. The van der Waals surface area contributed by atoms with Gasteiger partial charge in [0.1, 0.15) is 4.60 Å². The van der Waals surface area contributed by atoms with E-state index >= 15 is 0 Å². The van der Waals surface area contributed by atoms with Crippen LogP contribution in [0.5, 0.6) is 0 Å². The fourth-order valence-electron chi connectivity index (χ4n) is 0.858. The van der Waals surface area contributed by atoms with Crippen molar-refractivity contribution in [1.29, 1.82) is 0 Å². The number of imidazole rings is 1. The van der Waals surface area contributed by atoms with Crippen LogP contribution < -0.4 is 0 Å². The van der Waals surface area contributed by atoms with Crippen molar-refractivity contribution in [2.45, 2.75) is 0 Å². The van der Waals surface area contributed by atoms with Gasteiger partial charge in [0, 0.05) is 12.4 Å². The smallest absolute Gasteiger partial charge is 0.175 e. The lowest BCUT2D eigenvalue weighted by Gasteiger charge is -1.96. The van der Waals surface area contributed by atoms with E-state index in [4.69, 9.17) is 11.6 Å². The molecule has 11 heavy (non-hydrogen) atoms. The lowest BCUT2D eigenvalue weighted by atomic mass is 10.7. The Morgan fingerprint density at radius 1 is 1.45 bits per heavy atom. The Balaban J connectivity index is 2.96. The van der Waals surface area contributed by atoms with E-state index in [-0.39, 0.29) is 0 Å². The highest BCUT2D eigenvalue weighted by Gasteiger charge is 2.02. The number of hydrogen-bond donors (Lipinski definition) is 0. The maximum absolute atomic E-state index is 5.76. The number of fused-ring (bicyclic) bond motifs is 1. The summed E-state index contributed by atoms with van der Waals surface area (Å²) in [6.45, 7) is 0. The van der Waals surface area contributed by atoms with Crippen molar-refractivity contribution in [3.63, 3.8) is 0 Å². The van der Waals surface area contributed by atoms with Crippen LogP contribution in [0.1, 0.15) is 0 Å². The molecular weight excluding hydrogens is 229 g/mol. The summed E-state index contributed by atoms with van der Waals surface area (Å²) in [6, 6.07) is 0. The van der Waals surface area contributed by atoms with Crippen LogP contribution >= 0.6 is 27.5 Å². The monoisotopic (exact) mass is 231 g/mol. The molecule has 3 nitrogen and oxygen atoms in total. The van der Waals surface area contributed by atoms with Crippen LogP contribution in [0.15, 0.2) is 23.2 Å². The van der Waals surface area contributed by atoms with Gasteiger partial charge < -0.3 is 0 Å². The molecule has 0 radical (unpaired) electrons. The van der Waals surface area contributed by atoms with Crippen LogP contribution in [0.3, 0.4) is 0 Å². The molecule has 0 bridgehead atoms. The average Bonchev–Trinajstić information content (AvgIpc) is 2.45. The molecule has 2 aromatic heterocycles. The molecule has 0 saturated heterocycles. The second-order valence-corrected chi connectivity index (χ2v) is 3.16. The Labute approximate surface area is 76.2 Å². The van der Waals surface area contributed by atoms with Crippen molar-refractivity contribution in [2.75, 3.05) is 0 Å². The third kappa shape index (κ3) is 1.02. The Kier molecular flexibility index (Phi) is 1.58. The van der Waals surface area contributed by atoms with Gasteiger partial charge in [-0.25, -0.2) is 9.97 Å². The van der Waals surface area contributed by atoms with Crippen LogP contribution in [-0.2, 0) is 0 Å². The molecule has 5 heteroatoms. The first-order valence-electron chi connectivity index (χ1n) is 2.92. The third-order valence-electron chi connectivity index (χ3n) is 1.34. The summed E-state index contributed by atoms with van der Waals surface area (Å²) in [5.74, 6) is 0. The number of rotatable bonds is 0. The first-order valence-corrected chi connectivity index (χ1v) is 4.09. The Bertz CT molecular complexity index is 362. The molecule has 0 aliphatic heterocycles. The second kappa shape index (κ2) is 2.46. The number of hydrogen-bond acceptors (Lipinski definition) is 2. The van der Waals surface area contributed by atoms with Gasteiger partial charge in [0.15, 0.2) is 10.8 Å². The number of halogens is 2. The summed E-state index contributed by atoms with van der Waals surface area (Å²) >= 11 is 9.07. The standard InChI is InChI=1S/C6H3BrClN3/c7-4-3-10-5(8)6-9-1-2-11(4)6/h1-3H. The highest BCUT2D eigenvalue weighted by molar-refractivity contribution is 9.10. The Morgan fingerprint density at radius 2 is 2.27 bits per heavy atom. The molecule has 0 atom stereocenters. The molecule has 0 N–H and O–H groups in total. The van der Waals surface area contributed by atoms with Crippen molar-refractivity contribution in [3.05, 3.63) is 28.3 Å². The maximum Gasteiger partial charge on any atom is 0.175 e. The van der Waals surface area contributed by atoms with Crippen LogP contribution in [0.25, 0.3) is 5.65 Å². The van der Waals surface area contributed by atoms with E-state index < -0.39 is 0 Å². The minimum absolute atomic E-state index is 0.415. The summed E-state index contributed by atoms with van der Waals surface area (Å²) in [6.07, 6.45) is 5.12. The molecule has 0 aliphatic carbocycles. The van der Waals surface area contributed by atoms with E-state index in [2.05, 4.69) is 25.9 Å². The molecule has 0 saturated carbocycles. The van der Waals surface area contributed by atoms with Gasteiger partial charge in [0.25, 0.3) is 0 Å². The summed E-state index contributed by atoms with van der Waals surface area (Å²) in [4.78, 5) is 7.93. The molecule has 2 rings (SSSR count). The molecule has 0 amide bonds. The van der Waals surface area contributed by atoms with E-state index in [1.165, 1.54) is 0 Å². The van der Waals surface area contributed by atoms with E-state index in [1.807, 2.05) is 10.6 Å². The topological polar surface area (TPSA) is 30.2 Å². The van der Waals surface area contributed by atoms with Crippen molar-refractivity contribution in [1.82, 2.24) is 14.4 Å². The summed E-state index contributed by atoms with van der Waals surface area (Å²) < 4.78 is 2.66. The number of nitrogens with zero attached hydrogens (tertiary/aromatic N) is 3. The lowest BCUT2D eigenvalue weighted by molar-refractivity contribution is 1.09. The predicted molar refractivity (Wildman–Crippen MR) is 45.7 cm³/mol. The number of aromatic nitrogens is 3. The molecule has 0 spiro atoms. The zero-order valence-corrected chi connectivity index (χ0v) is 7.67. The fourth-order valence-corrected chi connectivity index (χ4v) is 1.44. The first kappa shape index (κ1) is 7.06. The molecule has 0 aliphatic rings. The fraction of sp³-hybridized carbons (Fsp3) is 0. The maximum atomic E-state index is 5.76. The van der Waals surface area contributed by atoms with Gasteiger partial charge in [0.2, 0.25) is 0 Å². The SMILES string of the molecule is Clc1ncc(Br)n2ccnc12. The van der Waals surface area contributed by atoms with E-state index in [0.29, 0.717) is 10.8 Å². The predicted octanol–water partition coefficient (Wildman–Crippen LogP) is 2.15. The molecule has 0 unspecified atom stereocenters. The summed E-state index contributed by atoms with van der Waals surface area (Å²) in [5, 5.41) is 0.415. The van der Waals surface area contributed by atoms with Crippen LogP contribution in [0, 0.1) is 0 Å². The van der Waals surface area contributed by atoms with Gasteiger partial charge >= 0.3 is 0 Å². The highest BCUT2D eigenvalue weighted by atomic mass is 79.9. The van der Waals surface area contributed by atoms with Crippen molar-refractivity contribution < 1.29 is 0 Å². The normalized spacial score (nSPS) is 10.7. The van der Waals surface area contributed by atoms with Crippen LogP contribution in [0.2, 0.25) is 5.15 Å². The Hall–Kier alpha value is -0.610. The van der Waals surface area contributed by atoms with Crippen molar-refractivity contribution >= 4 is 33.2 Å². The van der Waals surface area contributed by atoms with Crippen LogP contribution in [0.4, 0.5) is 0 Å².